The van der Waals surface area contributed by atoms with Crippen molar-refractivity contribution in [2.45, 2.75) is 0 Å². The van der Waals surface area contributed by atoms with Crippen molar-refractivity contribution in [1.29, 1.82) is 0 Å². The Hall–Kier alpha value is -1.81. The van der Waals surface area contributed by atoms with Crippen molar-refractivity contribution in [3.8, 4) is 11.5 Å². The molecule has 86 valence electrons. The number of ether oxygens (including phenoxy) is 1. The molecular weight excluding hydrogens is 239 g/mol. The third-order valence-electron chi connectivity index (χ3n) is 2.16. The van der Waals surface area contributed by atoms with Gasteiger partial charge >= 0.3 is 0 Å². The maximum atomic E-state index is 13.5. The van der Waals surface area contributed by atoms with Crippen LogP contribution in [0.4, 0.5) is 4.39 Å². The van der Waals surface area contributed by atoms with Gasteiger partial charge in [-0.25, -0.2) is 4.39 Å². The van der Waals surface area contributed by atoms with Crippen LogP contribution in [0.5, 0.6) is 11.5 Å². The number of carbonyl (C=O) groups is 1. The first kappa shape index (κ1) is 11.7. The van der Waals surface area contributed by atoms with Gasteiger partial charge in [-0.1, -0.05) is 24.3 Å². The third kappa shape index (κ3) is 2.65. The number of benzene rings is 2. The smallest absolute Gasteiger partial charge is 0.223 e. The molecule has 0 saturated carbocycles. The first-order valence-corrected chi connectivity index (χ1v) is 5.38. The monoisotopic (exact) mass is 248 g/mol. The molecule has 4 heteroatoms. The lowest BCUT2D eigenvalue weighted by Crippen LogP contribution is -1.98. The van der Waals surface area contributed by atoms with Gasteiger partial charge in [0.25, 0.3) is 0 Å². The second kappa shape index (κ2) is 5.01. The summed E-state index contributed by atoms with van der Waals surface area (Å²) in [6.07, 6.45) is 0. The zero-order valence-corrected chi connectivity index (χ0v) is 9.65. The number of halogens is 1. The van der Waals surface area contributed by atoms with E-state index in [-0.39, 0.29) is 11.3 Å². The van der Waals surface area contributed by atoms with E-state index in [2.05, 4.69) is 12.6 Å². The van der Waals surface area contributed by atoms with Crippen molar-refractivity contribution in [2.75, 3.05) is 0 Å². The van der Waals surface area contributed by atoms with Gasteiger partial charge in [0.15, 0.2) is 0 Å². The molecule has 0 aromatic heterocycles. The van der Waals surface area contributed by atoms with Crippen LogP contribution in [0.25, 0.3) is 0 Å². The fourth-order valence-corrected chi connectivity index (χ4v) is 1.63. The van der Waals surface area contributed by atoms with Crippen LogP contribution in [0, 0.1) is 5.82 Å². The minimum absolute atomic E-state index is 0.153. The number of carbonyl (C=O) groups excluding carboxylic acids is 1. The molecule has 0 bridgehead atoms. The highest BCUT2D eigenvalue weighted by molar-refractivity contribution is 7.97. The van der Waals surface area contributed by atoms with Gasteiger partial charge in [-0.2, -0.15) is 0 Å². The van der Waals surface area contributed by atoms with Crippen LogP contribution in [0.3, 0.4) is 0 Å². The van der Waals surface area contributed by atoms with Gasteiger partial charge in [0.2, 0.25) is 5.12 Å². The third-order valence-corrected chi connectivity index (χ3v) is 2.38. The van der Waals surface area contributed by atoms with Gasteiger partial charge in [-0.15, -0.1) is 12.6 Å². The van der Waals surface area contributed by atoms with Crippen LogP contribution >= 0.6 is 12.6 Å². The number of thiol groups is 1. The van der Waals surface area contributed by atoms with Crippen LogP contribution < -0.4 is 4.74 Å². The van der Waals surface area contributed by atoms with Crippen LogP contribution in [0.1, 0.15) is 10.4 Å². The van der Waals surface area contributed by atoms with E-state index in [0.29, 0.717) is 5.75 Å². The van der Waals surface area contributed by atoms with E-state index in [9.17, 15) is 9.18 Å². The molecule has 17 heavy (non-hydrogen) atoms. The quantitative estimate of drug-likeness (QED) is 0.838. The highest BCUT2D eigenvalue weighted by Crippen LogP contribution is 2.28. The minimum atomic E-state index is -0.658. The van der Waals surface area contributed by atoms with Gasteiger partial charge in [-0.05, 0) is 24.3 Å². The van der Waals surface area contributed by atoms with E-state index in [0.717, 1.165) is 0 Å². The largest absolute Gasteiger partial charge is 0.456 e. The molecule has 0 heterocycles. The normalized spacial score (nSPS) is 10.0. The molecule has 0 unspecified atom stereocenters. The zero-order valence-electron chi connectivity index (χ0n) is 8.76. The van der Waals surface area contributed by atoms with Gasteiger partial charge in [0, 0.05) is 0 Å². The fourth-order valence-electron chi connectivity index (χ4n) is 1.41. The number of hydrogen-bond donors (Lipinski definition) is 1. The molecule has 0 atom stereocenters. The van der Waals surface area contributed by atoms with Crippen molar-refractivity contribution in [3.05, 3.63) is 59.9 Å². The van der Waals surface area contributed by atoms with E-state index >= 15 is 0 Å². The van der Waals surface area contributed by atoms with Crippen molar-refractivity contribution < 1.29 is 13.9 Å². The van der Waals surface area contributed by atoms with Gasteiger partial charge in [-0.3, -0.25) is 4.79 Å². The molecule has 0 saturated heterocycles. The van der Waals surface area contributed by atoms with Crippen LogP contribution in [-0.4, -0.2) is 5.12 Å². The maximum absolute atomic E-state index is 13.5. The fraction of sp³-hybridized carbons (Fsp3) is 0. The molecule has 0 radical (unpaired) electrons. The summed E-state index contributed by atoms with van der Waals surface area (Å²) in [5, 5.41) is -0.658. The summed E-state index contributed by atoms with van der Waals surface area (Å²) < 4.78 is 18.9. The summed E-state index contributed by atoms with van der Waals surface area (Å²) in [6, 6.07) is 13.1. The first-order chi connectivity index (χ1) is 8.18. The summed E-state index contributed by atoms with van der Waals surface area (Å²) in [5.41, 5.74) is -0.153. The molecule has 2 aromatic carbocycles. The van der Waals surface area contributed by atoms with E-state index in [1.807, 2.05) is 6.07 Å². The lowest BCUT2D eigenvalue weighted by atomic mass is 10.2. The lowest BCUT2D eigenvalue weighted by molar-refractivity contribution is 0.108. The van der Waals surface area contributed by atoms with Crippen LogP contribution in [-0.2, 0) is 0 Å². The second-order valence-corrected chi connectivity index (χ2v) is 3.74. The molecule has 2 aromatic rings. The van der Waals surface area contributed by atoms with Crippen LogP contribution in [0.2, 0.25) is 0 Å². The molecule has 0 aliphatic heterocycles. The van der Waals surface area contributed by atoms with Crippen molar-refractivity contribution >= 4 is 17.7 Å². The van der Waals surface area contributed by atoms with E-state index in [1.165, 1.54) is 18.2 Å². The van der Waals surface area contributed by atoms with Crippen molar-refractivity contribution in [1.82, 2.24) is 0 Å². The predicted octanol–water partition coefficient (Wildman–Crippen LogP) is 3.69. The second-order valence-electron chi connectivity index (χ2n) is 3.33. The Bertz CT molecular complexity index is 540. The Morgan fingerprint density at radius 3 is 2.41 bits per heavy atom. The minimum Gasteiger partial charge on any atom is -0.456 e. The Morgan fingerprint density at radius 2 is 1.76 bits per heavy atom. The number of para-hydroxylation sites is 1. The number of hydrogen-bond acceptors (Lipinski definition) is 2. The zero-order chi connectivity index (χ0) is 12.3. The van der Waals surface area contributed by atoms with E-state index in [4.69, 9.17) is 4.74 Å². The molecule has 0 spiro atoms. The Balaban J connectivity index is 2.40. The summed E-state index contributed by atoms with van der Waals surface area (Å²) in [6.45, 7) is 0. The van der Waals surface area contributed by atoms with Gasteiger partial charge in [0.1, 0.15) is 22.9 Å². The van der Waals surface area contributed by atoms with Gasteiger partial charge < -0.3 is 4.74 Å². The summed E-state index contributed by atoms with van der Waals surface area (Å²) in [5.74, 6) is 0.0589. The predicted molar refractivity (Wildman–Crippen MR) is 66.2 cm³/mol. The summed E-state index contributed by atoms with van der Waals surface area (Å²) >= 11 is 3.63. The molecule has 0 N–H and O–H groups in total. The molecular formula is C13H9FO2S. The molecule has 2 nitrogen and oxygen atoms in total. The standard InChI is InChI=1S/C13H9FO2S/c14-10-7-4-8-11(12(10)13(15)17)16-9-5-2-1-3-6-9/h1-8H,(H,15,17). The highest BCUT2D eigenvalue weighted by Gasteiger charge is 2.15. The Morgan fingerprint density at radius 1 is 1.06 bits per heavy atom. The average molecular weight is 248 g/mol. The topological polar surface area (TPSA) is 26.3 Å². The Kier molecular flexibility index (Phi) is 3.44. The maximum Gasteiger partial charge on any atom is 0.223 e. The molecule has 0 aliphatic rings. The SMILES string of the molecule is O=C(S)c1c(F)cccc1Oc1ccccc1. The van der Waals surface area contributed by atoms with E-state index < -0.39 is 10.9 Å². The van der Waals surface area contributed by atoms with Crippen molar-refractivity contribution in [2.24, 2.45) is 0 Å². The van der Waals surface area contributed by atoms with E-state index in [1.54, 1.807) is 24.3 Å². The highest BCUT2D eigenvalue weighted by atomic mass is 32.1. The molecule has 0 amide bonds. The van der Waals surface area contributed by atoms with Crippen molar-refractivity contribution in [3.63, 3.8) is 0 Å². The molecule has 0 fully saturated rings. The number of rotatable bonds is 3. The average Bonchev–Trinajstić information content (AvgIpc) is 2.30. The van der Waals surface area contributed by atoms with Crippen LogP contribution in [0.15, 0.2) is 48.5 Å². The Labute approximate surface area is 103 Å². The molecule has 2 rings (SSSR count). The summed E-state index contributed by atoms with van der Waals surface area (Å²) in [7, 11) is 0. The first-order valence-electron chi connectivity index (χ1n) is 4.93. The lowest BCUT2D eigenvalue weighted by Gasteiger charge is -2.09. The molecule has 0 aliphatic carbocycles. The van der Waals surface area contributed by atoms with Gasteiger partial charge in [0.05, 0.1) is 0 Å². The summed E-state index contributed by atoms with van der Waals surface area (Å²) in [4.78, 5) is 11.2.